The highest BCUT2D eigenvalue weighted by molar-refractivity contribution is 6.49. The zero-order valence-electron chi connectivity index (χ0n) is 22.3. The Kier molecular flexibility index (Phi) is 5.67. The topological polar surface area (TPSA) is 92.5 Å². The number of imidazole rings is 1. The van der Waals surface area contributed by atoms with Crippen molar-refractivity contribution in [3.8, 4) is 0 Å². The Morgan fingerprint density at radius 3 is 2.59 bits per heavy atom. The van der Waals surface area contributed by atoms with Crippen molar-refractivity contribution in [3.63, 3.8) is 0 Å². The van der Waals surface area contributed by atoms with Crippen molar-refractivity contribution in [2.24, 2.45) is 5.92 Å². The molecule has 1 unspecified atom stereocenters. The SMILES string of the molecule is CC1C=Cc2ncc(C3=C(c4cn5c6c(cc(F)cc46)CN(C(=O)N4CCC(F)(F)CC4)CC5)C(=O)NC3=O)n2C1. The minimum absolute atomic E-state index is 0.0374. The molecule has 1 atom stereocenters. The summed E-state index contributed by atoms with van der Waals surface area (Å²) < 4.78 is 46.2. The number of fused-ring (bicyclic) bond motifs is 1. The van der Waals surface area contributed by atoms with E-state index in [0.717, 1.165) is 0 Å². The third-order valence-electron chi connectivity index (χ3n) is 8.41. The zero-order chi connectivity index (χ0) is 28.6. The lowest BCUT2D eigenvalue weighted by molar-refractivity contribution is -0.122. The van der Waals surface area contributed by atoms with Gasteiger partial charge in [0.05, 0.1) is 28.6 Å². The van der Waals surface area contributed by atoms with Crippen LogP contribution >= 0.6 is 0 Å². The lowest BCUT2D eigenvalue weighted by atomic mass is 9.97. The van der Waals surface area contributed by atoms with Crippen molar-refractivity contribution in [1.29, 1.82) is 0 Å². The van der Waals surface area contributed by atoms with Crippen molar-refractivity contribution < 1.29 is 27.6 Å². The van der Waals surface area contributed by atoms with Crippen molar-refractivity contribution in [1.82, 2.24) is 29.2 Å². The van der Waals surface area contributed by atoms with E-state index in [9.17, 15) is 23.2 Å². The van der Waals surface area contributed by atoms with Gasteiger partial charge < -0.3 is 18.9 Å². The predicted octanol–water partition coefficient (Wildman–Crippen LogP) is 3.87. The van der Waals surface area contributed by atoms with Crippen LogP contribution in [0.5, 0.6) is 0 Å². The molecule has 1 fully saturated rings. The lowest BCUT2D eigenvalue weighted by Gasteiger charge is -2.35. The molecule has 7 rings (SSSR count). The van der Waals surface area contributed by atoms with Crippen molar-refractivity contribution in [2.75, 3.05) is 19.6 Å². The van der Waals surface area contributed by atoms with Gasteiger partial charge in [-0.05, 0) is 29.7 Å². The molecule has 4 aliphatic rings. The molecule has 1 N–H and O–H groups in total. The fourth-order valence-electron chi connectivity index (χ4n) is 6.36. The number of aromatic nitrogens is 3. The molecular weight excluding hydrogens is 537 g/mol. The number of hydrogen-bond acceptors (Lipinski definition) is 4. The molecule has 0 saturated carbocycles. The molecule has 12 heteroatoms. The van der Waals surface area contributed by atoms with Crippen LogP contribution in [0.3, 0.4) is 0 Å². The molecule has 0 spiro atoms. The number of nitrogens with zero attached hydrogens (tertiary/aromatic N) is 5. The quantitative estimate of drug-likeness (QED) is 0.479. The molecule has 9 nitrogen and oxygen atoms in total. The van der Waals surface area contributed by atoms with Gasteiger partial charge in [-0.2, -0.15) is 0 Å². The summed E-state index contributed by atoms with van der Waals surface area (Å²) in [6.07, 6.45) is 6.47. The molecule has 4 amide bonds. The first-order valence-electron chi connectivity index (χ1n) is 13.7. The smallest absolute Gasteiger partial charge is 0.320 e. The number of hydrogen-bond donors (Lipinski definition) is 1. The van der Waals surface area contributed by atoms with Crippen LogP contribution in [0.4, 0.5) is 18.0 Å². The number of urea groups is 1. The molecule has 1 saturated heterocycles. The number of alkyl halides is 2. The third kappa shape index (κ3) is 4.15. The van der Waals surface area contributed by atoms with Gasteiger partial charge >= 0.3 is 6.03 Å². The van der Waals surface area contributed by atoms with Gasteiger partial charge in [-0.25, -0.2) is 22.9 Å². The fraction of sp³-hybridized carbons (Fsp3) is 0.379. The summed E-state index contributed by atoms with van der Waals surface area (Å²) in [5, 5.41) is 2.86. The summed E-state index contributed by atoms with van der Waals surface area (Å²) in [5.74, 6) is -3.53. The Hall–Kier alpha value is -4.35. The number of likely N-dealkylation sites (tertiary alicyclic amines) is 1. The van der Waals surface area contributed by atoms with Gasteiger partial charge in [-0.15, -0.1) is 0 Å². The maximum absolute atomic E-state index is 15.1. The Morgan fingerprint density at radius 1 is 1.05 bits per heavy atom. The molecule has 0 bridgehead atoms. The first kappa shape index (κ1) is 25.6. The van der Waals surface area contributed by atoms with Crippen LogP contribution in [-0.4, -0.2) is 67.3 Å². The summed E-state index contributed by atoms with van der Waals surface area (Å²) in [4.78, 5) is 47.0. The van der Waals surface area contributed by atoms with Crippen LogP contribution < -0.4 is 5.32 Å². The number of carbonyl (C=O) groups is 3. The van der Waals surface area contributed by atoms with Crippen LogP contribution in [0.2, 0.25) is 0 Å². The summed E-state index contributed by atoms with van der Waals surface area (Å²) in [6.45, 7) is 3.26. The number of imide groups is 1. The molecule has 6 heterocycles. The zero-order valence-corrected chi connectivity index (χ0v) is 22.3. The van der Waals surface area contributed by atoms with Gasteiger partial charge in [0.1, 0.15) is 11.6 Å². The van der Waals surface area contributed by atoms with Gasteiger partial charge in [0.15, 0.2) is 0 Å². The van der Waals surface area contributed by atoms with Crippen molar-refractivity contribution >= 4 is 46.0 Å². The summed E-state index contributed by atoms with van der Waals surface area (Å²) >= 11 is 0. The molecule has 1 aromatic carbocycles. The van der Waals surface area contributed by atoms with E-state index < -0.39 is 23.6 Å². The third-order valence-corrected chi connectivity index (χ3v) is 8.41. The lowest BCUT2D eigenvalue weighted by Crippen LogP contribution is -2.49. The van der Waals surface area contributed by atoms with Gasteiger partial charge in [-0.1, -0.05) is 13.0 Å². The van der Waals surface area contributed by atoms with Gasteiger partial charge in [-0.3, -0.25) is 14.9 Å². The molecule has 4 aliphatic heterocycles. The predicted molar refractivity (Wildman–Crippen MR) is 144 cm³/mol. The number of piperidine rings is 1. The minimum atomic E-state index is -2.77. The maximum atomic E-state index is 15.1. The van der Waals surface area contributed by atoms with Gasteiger partial charge in [0.2, 0.25) is 0 Å². The average Bonchev–Trinajstić information content (AvgIpc) is 3.53. The van der Waals surface area contributed by atoms with E-state index in [2.05, 4.69) is 10.3 Å². The average molecular weight is 565 g/mol. The van der Waals surface area contributed by atoms with E-state index >= 15 is 4.39 Å². The maximum Gasteiger partial charge on any atom is 0.320 e. The van der Waals surface area contributed by atoms with Crippen LogP contribution in [0.25, 0.3) is 28.1 Å². The Balaban J connectivity index is 1.30. The number of allylic oxidation sites excluding steroid dienone is 1. The highest BCUT2D eigenvalue weighted by atomic mass is 19.3. The van der Waals surface area contributed by atoms with E-state index in [0.29, 0.717) is 46.6 Å². The molecule has 41 heavy (non-hydrogen) atoms. The summed E-state index contributed by atoms with van der Waals surface area (Å²) in [6, 6.07) is 2.34. The second-order valence-corrected chi connectivity index (χ2v) is 11.2. The number of nitrogens with one attached hydrogen (secondary N) is 1. The van der Waals surface area contributed by atoms with Crippen LogP contribution in [-0.2, 0) is 29.2 Å². The summed E-state index contributed by atoms with van der Waals surface area (Å²) in [7, 11) is 0. The highest BCUT2D eigenvalue weighted by Gasteiger charge is 2.39. The molecule has 212 valence electrons. The van der Waals surface area contributed by atoms with Crippen molar-refractivity contribution in [3.05, 3.63) is 59.1 Å². The number of carbonyl (C=O) groups excluding carboxylic acids is 3. The number of halogens is 3. The van der Waals surface area contributed by atoms with Gasteiger partial charge in [0.25, 0.3) is 17.7 Å². The van der Waals surface area contributed by atoms with E-state index in [4.69, 9.17) is 0 Å². The van der Waals surface area contributed by atoms with E-state index in [1.165, 1.54) is 17.0 Å². The Labute approximate surface area is 232 Å². The Bertz CT molecular complexity index is 1710. The molecule has 0 aliphatic carbocycles. The number of amides is 4. The monoisotopic (exact) mass is 564 g/mol. The largest absolute Gasteiger partial charge is 0.345 e. The second kappa shape index (κ2) is 9.08. The van der Waals surface area contributed by atoms with Crippen LogP contribution in [0.15, 0.2) is 30.6 Å². The van der Waals surface area contributed by atoms with E-state index in [-0.39, 0.29) is 62.1 Å². The van der Waals surface area contributed by atoms with Crippen LogP contribution in [0.1, 0.15) is 42.4 Å². The van der Waals surface area contributed by atoms with Crippen molar-refractivity contribution in [2.45, 2.75) is 45.3 Å². The summed E-state index contributed by atoms with van der Waals surface area (Å²) in [5.41, 5.74) is 2.48. The highest BCUT2D eigenvalue weighted by Crippen LogP contribution is 2.39. The second-order valence-electron chi connectivity index (χ2n) is 11.2. The van der Waals surface area contributed by atoms with Crippen LogP contribution in [0, 0.1) is 11.7 Å². The minimum Gasteiger partial charge on any atom is -0.345 e. The molecular formula is C29H27F3N6O3. The fourth-order valence-corrected chi connectivity index (χ4v) is 6.36. The first-order valence-corrected chi connectivity index (χ1v) is 13.7. The number of benzene rings is 1. The normalized spacial score (nSPS) is 21.9. The molecule has 3 aromatic rings. The first-order chi connectivity index (χ1) is 19.6. The number of rotatable bonds is 2. The van der Waals surface area contributed by atoms with Gasteiger partial charge in [0, 0.05) is 69.3 Å². The van der Waals surface area contributed by atoms with E-state index in [1.807, 2.05) is 28.2 Å². The standard InChI is InChI=1S/C29H27F3N6O3/c1-16-2-3-22-33-12-21(38(22)13-16)24-23(26(39)34-27(24)40)20-15-36-8-9-37(14-17-10-18(30)11-19(20)25(17)36)28(41)35-6-4-29(31,32)5-7-35/h2-3,10-12,15-16H,4-9,13-14H2,1H3,(H,34,39,40). The molecule has 0 radical (unpaired) electrons. The Morgan fingerprint density at radius 2 is 1.80 bits per heavy atom. The molecule has 2 aromatic heterocycles. The van der Waals surface area contributed by atoms with E-state index in [1.54, 1.807) is 17.3 Å².